The predicted molar refractivity (Wildman–Crippen MR) is 136 cm³/mol. The van der Waals surface area contributed by atoms with Crippen LogP contribution in [0.1, 0.15) is 60.6 Å². The van der Waals surface area contributed by atoms with Crippen molar-refractivity contribution in [3.63, 3.8) is 0 Å². The number of H-pyrrole nitrogens is 1. The summed E-state index contributed by atoms with van der Waals surface area (Å²) in [4.78, 5) is 37.5. The Kier molecular flexibility index (Phi) is 6.66. The molecule has 0 bridgehead atoms. The number of nitrogens with zero attached hydrogens (tertiary/aromatic N) is 2. The van der Waals surface area contributed by atoms with Gasteiger partial charge in [0.1, 0.15) is 29.4 Å². The number of carbonyl (C=O) groups excluding carboxylic acids is 2. The van der Waals surface area contributed by atoms with Crippen LogP contribution in [0.3, 0.4) is 0 Å². The summed E-state index contributed by atoms with van der Waals surface area (Å²) in [6.45, 7) is 6.03. The SMILES string of the molecule is Cc1ccc(OCC2CC2)c(-c2ncnc3c(C(=O)N[C@H]4CC[C@@H](NC(=O)[C@H](C)O)C4)c(C)[nH]c23)c1. The van der Waals surface area contributed by atoms with Crippen molar-refractivity contribution in [3.05, 3.63) is 41.3 Å². The van der Waals surface area contributed by atoms with Crippen LogP contribution in [-0.4, -0.2) is 56.7 Å². The molecule has 36 heavy (non-hydrogen) atoms. The van der Waals surface area contributed by atoms with Gasteiger partial charge in [-0.25, -0.2) is 9.97 Å². The van der Waals surface area contributed by atoms with Crippen molar-refractivity contribution in [2.24, 2.45) is 5.92 Å². The third-order valence-electron chi connectivity index (χ3n) is 7.05. The summed E-state index contributed by atoms with van der Waals surface area (Å²) in [6.07, 6.45) is 4.99. The number of fused-ring (bicyclic) bond motifs is 1. The van der Waals surface area contributed by atoms with Gasteiger partial charge in [-0.3, -0.25) is 9.59 Å². The highest BCUT2D eigenvalue weighted by atomic mass is 16.5. The molecule has 9 heteroatoms. The molecule has 2 saturated carbocycles. The molecule has 4 N–H and O–H groups in total. The highest BCUT2D eigenvalue weighted by Gasteiger charge is 2.30. The molecule has 0 aliphatic heterocycles. The zero-order chi connectivity index (χ0) is 25.4. The van der Waals surface area contributed by atoms with E-state index in [2.05, 4.69) is 31.7 Å². The summed E-state index contributed by atoms with van der Waals surface area (Å²) in [5, 5.41) is 15.4. The minimum absolute atomic E-state index is 0.0641. The number of hydrogen-bond donors (Lipinski definition) is 4. The number of aliphatic hydroxyl groups excluding tert-OH is 1. The number of carbonyl (C=O) groups is 2. The number of aryl methyl sites for hydroxylation is 2. The molecule has 2 aliphatic carbocycles. The van der Waals surface area contributed by atoms with Crippen molar-refractivity contribution >= 4 is 22.8 Å². The van der Waals surface area contributed by atoms with E-state index in [9.17, 15) is 14.7 Å². The molecule has 2 aromatic heterocycles. The van der Waals surface area contributed by atoms with Gasteiger partial charge in [-0.1, -0.05) is 11.6 Å². The zero-order valence-electron chi connectivity index (χ0n) is 20.9. The minimum Gasteiger partial charge on any atom is -0.493 e. The molecule has 2 heterocycles. The van der Waals surface area contributed by atoms with Crippen LogP contribution in [-0.2, 0) is 4.79 Å². The summed E-state index contributed by atoms with van der Waals surface area (Å²) < 4.78 is 6.15. The fraction of sp³-hybridized carbons (Fsp3) is 0.481. The molecule has 9 nitrogen and oxygen atoms in total. The smallest absolute Gasteiger partial charge is 0.255 e. The van der Waals surface area contributed by atoms with Crippen LogP contribution in [0.2, 0.25) is 0 Å². The fourth-order valence-electron chi connectivity index (χ4n) is 4.87. The van der Waals surface area contributed by atoms with Gasteiger partial charge in [0.15, 0.2) is 0 Å². The molecule has 3 atom stereocenters. The average Bonchev–Trinajstić information content (AvgIpc) is 3.47. The highest BCUT2D eigenvalue weighted by molar-refractivity contribution is 6.09. The second kappa shape index (κ2) is 9.89. The number of aromatic nitrogens is 3. The Balaban J connectivity index is 1.39. The summed E-state index contributed by atoms with van der Waals surface area (Å²) >= 11 is 0. The van der Waals surface area contributed by atoms with Gasteiger partial charge in [-0.2, -0.15) is 0 Å². The number of ether oxygens (including phenoxy) is 1. The number of amides is 2. The van der Waals surface area contributed by atoms with Crippen molar-refractivity contribution in [2.75, 3.05) is 6.61 Å². The molecule has 0 unspecified atom stereocenters. The van der Waals surface area contributed by atoms with Crippen LogP contribution in [0.15, 0.2) is 24.5 Å². The molecule has 0 saturated heterocycles. The summed E-state index contributed by atoms with van der Waals surface area (Å²) in [5.74, 6) is 0.816. The van der Waals surface area contributed by atoms with E-state index in [4.69, 9.17) is 4.74 Å². The van der Waals surface area contributed by atoms with Crippen molar-refractivity contribution < 1.29 is 19.4 Å². The number of aliphatic hydroxyl groups is 1. The van der Waals surface area contributed by atoms with Crippen LogP contribution in [0, 0.1) is 19.8 Å². The summed E-state index contributed by atoms with van der Waals surface area (Å²) in [7, 11) is 0. The number of nitrogens with one attached hydrogen (secondary N) is 3. The fourth-order valence-corrected chi connectivity index (χ4v) is 4.87. The van der Waals surface area contributed by atoms with Crippen LogP contribution in [0.4, 0.5) is 0 Å². The lowest BCUT2D eigenvalue weighted by Gasteiger charge is -2.15. The number of benzene rings is 1. The maximum absolute atomic E-state index is 13.3. The predicted octanol–water partition coefficient (Wildman–Crippen LogP) is 3.18. The Labute approximate surface area is 210 Å². The van der Waals surface area contributed by atoms with E-state index in [1.165, 1.54) is 26.1 Å². The van der Waals surface area contributed by atoms with Gasteiger partial charge in [-0.05, 0) is 70.9 Å². The molecule has 5 rings (SSSR count). The minimum atomic E-state index is -1.05. The molecule has 2 amide bonds. The zero-order valence-corrected chi connectivity index (χ0v) is 20.9. The van der Waals surface area contributed by atoms with Gasteiger partial charge in [0, 0.05) is 23.3 Å². The van der Waals surface area contributed by atoms with Gasteiger partial charge in [-0.15, -0.1) is 0 Å². The van der Waals surface area contributed by atoms with Crippen molar-refractivity contribution in [3.8, 4) is 17.0 Å². The van der Waals surface area contributed by atoms with Gasteiger partial charge < -0.3 is 25.5 Å². The largest absolute Gasteiger partial charge is 0.493 e. The first-order valence-electron chi connectivity index (χ1n) is 12.7. The first-order valence-corrected chi connectivity index (χ1v) is 12.7. The normalized spacial score (nSPS) is 20.3. The van der Waals surface area contributed by atoms with Crippen LogP contribution >= 0.6 is 0 Å². The van der Waals surface area contributed by atoms with E-state index in [0.29, 0.717) is 46.9 Å². The molecule has 0 radical (unpaired) electrons. The van der Waals surface area contributed by atoms with Gasteiger partial charge in [0.05, 0.1) is 17.7 Å². The third kappa shape index (κ3) is 5.06. The van der Waals surface area contributed by atoms with Crippen molar-refractivity contribution in [1.29, 1.82) is 0 Å². The Morgan fingerprint density at radius 3 is 2.61 bits per heavy atom. The molecule has 1 aromatic carbocycles. The van der Waals surface area contributed by atoms with Crippen LogP contribution in [0.5, 0.6) is 5.75 Å². The Morgan fingerprint density at radius 2 is 1.89 bits per heavy atom. The van der Waals surface area contributed by atoms with Crippen molar-refractivity contribution in [1.82, 2.24) is 25.6 Å². The maximum Gasteiger partial charge on any atom is 0.255 e. The van der Waals surface area contributed by atoms with E-state index >= 15 is 0 Å². The number of rotatable bonds is 8. The van der Waals surface area contributed by atoms with Crippen LogP contribution in [0.25, 0.3) is 22.3 Å². The summed E-state index contributed by atoms with van der Waals surface area (Å²) in [6, 6.07) is 5.94. The van der Waals surface area contributed by atoms with E-state index in [-0.39, 0.29) is 23.9 Å². The quantitative estimate of drug-likeness (QED) is 0.383. The standard InChI is InChI=1S/C27H33N5O4/c1-14-4-9-21(36-12-17-5-6-17)20(10-14)23-25-24(29-13-28-23)22(15(2)30-25)27(35)32-19-8-7-18(11-19)31-26(34)16(3)33/h4,9-10,13,16-19,30,33H,5-8,11-12H2,1-3H3,(H,31,34)(H,32,35)/t16-,18+,19-/m0/s1. The molecule has 3 aromatic rings. The molecular weight excluding hydrogens is 458 g/mol. The second-order valence-corrected chi connectivity index (χ2v) is 10.2. The van der Waals surface area contributed by atoms with E-state index < -0.39 is 6.10 Å². The first kappa shape index (κ1) is 24.2. The van der Waals surface area contributed by atoms with E-state index in [1.54, 1.807) is 0 Å². The third-order valence-corrected chi connectivity index (χ3v) is 7.05. The Hall–Kier alpha value is -3.46. The molecular formula is C27H33N5O4. The summed E-state index contributed by atoms with van der Waals surface area (Å²) in [5.41, 5.74) is 5.17. The molecule has 0 spiro atoms. The van der Waals surface area contributed by atoms with Gasteiger partial charge >= 0.3 is 0 Å². The van der Waals surface area contributed by atoms with Gasteiger partial charge in [0.2, 0.25) is 5.91 Å². The monoisotopic (exact) mass is 491 g/mol. The first-order chi connectivity index (χ1) is 17.3. The Morgan fingerprint density at radius 1 is 1.14 bits per heavy atom. The topological polar surface area (TPSA) is 129 Å². The molecule has 190 valence electrons. The van der Waals surface area contributed by atoms with E-state index in [1.807, 2.05) is 26.0 Å². The van der Waals surface area contributed by atoms with Crippen LogP contribution < -0.4 is 15.4 Å². The Bertz CT molecular complexity index is 1300. The van der Waals surface area contributed by atoms with Crippen molar-refractivity contribution in [2.45, 2.75) is 71.1 Å². The maximum atomic E-state index is 13.3. The van der Waals surface area contributed by atoms with Gasteiger partial charge in [0.25, 0.3) is 5.91 Å². The van der Waals surface area contributed by atoms with E-state index in [0.717, 1.165) is 29.7 Å². The highest BCUT2D eigenvalue weighted by Crippen LogP contribution is 2.37. The number of hydrogen-bond acceptors (Lipinski definition) is 6. The lowest BCUT2D eigenvalue weighted by molar-refractivity contribution is -0.129. The lowest BCUT2D eigenvalue weighted by atomic mass is 10.1. The molecule has 2 aliphatic rings. The number of aromatic amines is 1. The lowest BCUT2D eigenvalue weighted by Crippen LogP contribution is -2.40. The average molecular weight is 492 g/mol. The second-order valence-electron chi connectivity index (χ2n) is 10.2. The molecule has 2 fully saturated rings.